The van der Waals surface area contributed by atoms with E-state index in [1.54, 1.807) is 13.0 Å². The largest absolute Gasteiger partial charge is 0.387 e. The molecule has 138 valence electrons. The Morgan fingerprint density at radius 3 is 2.77 bits per heavy atom. The third-order valence-corrected chi connectivity index (χ3v) is 5.56. The fourth-order valence-corrected chi connectivity index (χ4v) is 3.55. The lowest BCUT2D eigenvalue weighted by atomic mass is 10.1. The SMILES string of the molecule is Cc1cc(NC(=O)C2CC2)sc1C(=O)NC[C@H](O)c1ccc(Cl)c(F)c1. The number of hydrogen-bond acceptors (Lipinski definition) is 4. The van der Waals surface area contributed by atoms with Crippen molar-refractivity contribution in [2.24, 2.45) is 5.92 Å². The van der Waals surface area contributed by atoms with Crippen molar-refractivity contribution in [1.82, 2.24) is 5.32 Å². The number of benzene rings is 1. The molecule has 0 saturated heterocycles. The summed E-state index contributed by atoms with van der Waals surface area (Å²) in [5.74, 6) is -0.907. The molecule has 1 saturated carbocycles. The van der Waals surface area contributed by atoms with Crippen molar-refractivity contribution in [3.63, 3.8) is 0 Å². The van der Waals surface area contributed by atoms with E-state index in [1.165, 1.54) is 23.5 Å². The minimum absolute atomic E-state index is 0.0154. The van der Waals surface area contributed by atoms with E-state index in [-0.39, 0.29) is 29.3 Å². The summed E-state index contributed by atoms with van der Waals surface area (Å²) >= 11 is 6.81. The zero-order valence-corrected chi connectivity index (χ0v) is 15.6. The van der Waals surface area contributed by atoms with Gasteiger partial charge in [0.05, 0.1) is 21.0 Å². The van der Waals surface area contributed by atoms with Gasteiger partial charge in [0, 0.05) is 12.5 Å². The number of halogens is 2. The van der Waals surface area contributed by atoms with E-state index < -0.39 is 11.9 Å². The van der Waals surface area contributed by atoms with Gasteiger partial charge in [-0.3, -0.25) is 9.59 Å². The number of anilines is 1. The van der Waals surface area contributed by atoms with Crippen LogP contribution >= 0.6 is 22.9 Å². The zero-order valence-electron chi connectivity index (χ0n) is 14.0. The summed E-state index contributed by atoms with van der Waals surface area (Å²) in [5, 5.41) is 16.2. The first-order valence-electron chi connectivity index (χ1n) is 8.17. The number of aliphatic hydroxyl groups is 1. The molecule has 1 aromatic carbocycles. The number of hydrogen-bond donors (Lipinski definition) is 3. The average Bonchev–Trinajstić information content (AvgIpc) is 3.39. The van der Waals surface area contributed by atoms with Crippen LogP contribution in [0.25, 0.3) is 0 Å². The molecule has 1 aromatic heterocycles. The van der Waals surface area contributed by atoms with Crippen molar-refractivity contribution in [3.8, 4) is 0 Å². The van der Waals surface area contributed by atoms with Gasteiger partial charge in [-0.15, -0.1) is 11.3 Å². The lowest BCUT2D eigenvalue weighted by molar-refractivity contribution is -0.117. The lowest BCUT2D eigenvalue weighted by Gasteiger charge is -2.12. The summed E-state index contributed by atoms with van der Waals surface area (Å²) in [6, 6.07) is 5.76. The first-order chi connectivity index (χ1) is 12.3. The van der Waals surface area contributed by atoms with Gasteiger partial charge >= 0.3 is 0 Å². The Hall–Kier alpha value is -1.96. The molecule has 0 aliphatic heterocycles. The van der Waals surface area contributed by atoms with E-state index in [0.717, 1.165) is 24.5 Å². The minimum atomic E-state index is -1.06. The second-order valence-electron chi connectivity index (χ2n) is 6.29. The molecule has 0 radical (unpaired) electrons. The second kappa shape index (κ2) is 7.73. The quantitative estimate of drug-likeness (QED) is 0.697. The Morgan fingerprint density at radius 2 is 2.12 bits per heavy atom. The maximum Gasteiger partial charge on any atom is 0.261 e. The first kappa shape index (κ1) is 18.8. The highest BCUT2D eigenvalue weighted by Crippen LogP contribution is 2.32. The normalized spacial score (nSPS) is 14.8. The Labute approximate surface area is 159 Å². The van der Waals surface area contributed by atoms with Crippen molar-refractivity contribution in [2.45, 2.75) is 25.9 Å². The van der Waals surface area contributed by atoms with Crippen molar-refractivity contribution in [2.75, 3.05) is 11.9 Å². The summed E-state index contributed by atoms with van der Waals surface area (Å²) in [4.78, 5) is 24.6. The number of amides is 2. The number of thiophene rings is 1. The van der Waals surface area contributed by atoms with E-state index in [0.29, 0.717) is 15.4 Å². The number of carbonyl (C=O) groups is 2. The molecule has 1 fully saturated rings. The van der Waals surface area contributed by atoms with E-state index in [2.05, 4.69) is 10.6 Å². The first-order valence-corrected chi connectivity index (χ1v) is 9.37. The van der Waals surface area contributed by atoms with Crippen LogP contribution in [0.2, 0.25) is 5.02 Å². The Kier molecular flexibility index (Phi) is 5.60. The van der Waals surface area contributed by atoms with Crippen LogP contribution in [0.3, 0.4) is 0 Å². The molecule has 2 amide bonds. The Bertz CT molecular complexity index is 851. The second-order valence-corrected chi connectivity index (χ2v) is 7.75. The molecule has 5 nitrogen and oxygen atoms in total. The van der Waals surface area contributed by atoms with Crippen LogP contribution in [0, 0.1) is 18.7 Å². The van der Waals surface area contributed by atoms with Gasteiger partial charge in [0.25, 0.3) is 5.91 Å². The molecule has 0 spiro atoms. The molecular formula is C18H18ClFN2O3S. The molecular weight excluding hydrogens is 379 g/mol. The van der Waals surface area contributed by atoms with E-state index in [1.807, 2.05) is 0 Å². The number of aliphatic hydroxyl groups excluding tert-OH is 1. The van der Waals surface area contributed by atoms with Crippen LogP contribution in [0.1, 0.15) is 39.7 Å². The predicted molar refractivity (Wildman–Crippen MR) is 99.1 cm³/mol. The summed E-state index contributed by atoms with van der Waals surface area (Å²) in [6.45, 7) is 1.71. The third kappa shape index (κ3) is 4.41. The zero-order chi connectivity index (χ0) is 18.8. The molecule has 1 aliphatic carbocycles. The molecule has 1 aliphatic rings. The van der Waals surface area contributed by atoms with Gasteiger partial charge in [-0.05, 0) is 49.1 Å². The molecule has 3 N–H and O–H groups in total. The minimum Gasteiger partial charge on any atom is -0.387 e. The van der Waals surface area contributed by atoms with Crippen molar-refractivity contribution in [3.05, 3.63) is 51.1 Å². The highest BCUT2D eigenvalue weighted by molar-refractivity contribution is 7.18. The highest BCUT2D eigenvalue weighted by Gasteiger charge is 2.30. The van der Waals surface area contributed by atoms with E-state index in [4.69, 9.17) is 11.6 Å². The maximum atomic E-state index is 13.5. The van der Waals surface area contributed by atoms with Crippen LogP contribution in [-0.2, 0) is 4.79 Å². The van der Waals surface area contributed by atoms with Gasteiger partial charge in [-0.25, -0.2) is 4.39 Å². The van der Waals surface area contributed by atoms with E-state index in [9.17, 15) is 19.1 Å². The topological polar surface area (TPSA) is 78.4 Å². The van der Waals surface area contributed by atoms with Crippen molar-refractivity contribution >= 4 is 39.8 Å². The number of rotatable bonds is 6. The van der Waals surface area contributed by atoms with Gasteiger partial charge in [0.15, 0.2) is 0 Å². The summed E-state index contributed by atoms with van der Waals surface area (Å²) in [7, 11) is 0. The maximum absolute atomic E-state index is 13.5. The number of nitrogens with one attached hydrogen (secondary N) is 2. The highest BCUT2D eigenvalue weighted by atomic mass is 35.5. The molecule has 3 rings (SSSR count). The fourth-order valence-electron chi connectivity index (χ4n) is 2.45. The molecule has 8 heteroatoms. The van der Waals surface area contributed by atoms with Crippen molar-refractivity contribution < 1.29 is 19.1 Å². The van der Waals surface area contributed by atoms with Crippen LogP contribution < -0.4 is 10.6 Å². The van der Waals surface area contributed by atoms with Gasteiger partial charge in [-0.2, -0.15) is 0 Å². The summed E-state index contributed by atoms with van der Waals surface area (Å²) in [5.41, 5.74) is 1.07. The van der Waals surface area contributed by atoms with E-state index >= 15 is 0 Å². The smallest absolute Gasteiger partial charge is 0.261 e. The summed E-state index contributed by atoms with van der Waals surface area (Å²) < 4.78 is 13.5. The van der Waals surface area contributed by atoms with Gasteiger partial charge in [0.2, 0.25) is 5.91 Å². The molecule has 26 heavy (non-hydrogen) atoms. The third-order valence-electron chi connectivity index (χ3n) is 4.10. The standard InChI is InChI=1S/C18H18ClFN2O3S/c1-9-6-15(22-17(24)10-2-3-10)26-16(9)18(25)21-8-14(23)11-4-5-12(19)13(20)7-11/h4-7,10,14,23H,2-3,8H2,1H3,(H,21,25)(H,22,24)/t14-/m0/s1. The van der Waals surface area contributed by atoms with Crippen LogP contribution in [0.5, 0.6) is 0 Å². The molecule has 2 aromatic rings. The Balaban J connectivity index is 1.59. The van der Waals surface area contributed by atoms with Crippen LogP contribution in [0.15, 0.2) is 24.3 Å². The van der Waals surface area contributed by atoms with Gasteiger partial charge in [0.1, 0.15) is 5.82 Å². The molecule has 1 heterocycles. The van der Waals surface area contributed by atoms with Crippen LogP contribution in [0.4, 0.5) is 9.39 Å². The fraction of sp³-hybridized carbons (Fsp3) is 0.333. The lowest BCUT2D eigenvalue weighted by Crippen LogP contribution is -2.28. The molecule has 0 bridgehead atoms. The Morgan fingerprint density at radius 1 is 1.38 bits per heavy atom. The molecule has 0 unspecified atom stereocenters. The molecule has 1 atom stereocenters. The van der Waals surface area contributed by atoms with Crippen LogP contribution in [-0.4, -0.2) is 23.5 Å². The van der Waals surface area contributed by atoms with Gasteiger partial charge in [-0.1, -0.05) is 17.7 Å². The summed E-state index contributed by atoms with van der Waals surface area (Å²) in [6.07, 6.45) is 0.763. The number of aryl methyl sites for hydroxylation is 1. The predicted octanol–water partition coefficient (Wildman–Crippen LogP) is 3.66. The monoisotopic (exact) mass is 396 g/mol. The van der Waals surface area contributed by atoms with Gasteiger partial charge < -0.3 is 15.7 Å². The van der Waals surface area contributed by atoms with Crippen molar-refractivity contribution in [1.29, 1.82) is 0 Å². The average molecular weight is 397 g/mol. The number of carbonyl (C=O) groups excluding carboxylic acids is 2.